The molecule has 0 bridgehead atoms. The Morgan fingerprint density at radius 3 is 2.04 bits per heavy atom. The van der Waals surface area contributed by atoms with E-state index in [-0.39, 0.29) is 34.3 Å². The highest BCUT2D eigenvalue weighted by Gasteiger charge is 2.40. The van der Waals surface area contributed by atoms with Crippen LogP contribution in [0.2, 0.25) is 0 Å². The van der Waals surface area contributed by atoms with Crippen LogP contribution in [0.25, 0.3) is 32.3 Å². The number of amides is 2. The summed E-state index contributed by atoms with van der Waals surface area (Å²) in [7, 11) is -5.05. The number of benzene rings is 6. The highest BCUT2D eigenvalue weighted by atomic mass is 31.2. The smallest absolute Gasteiger partial charge is 0.340 e. The third kappa shape index (κ3) is 6.63. The molecule has 1 unspecified atom stereocenters. The maximum Gasteiger partial charge on any atom is 0.340 e. The Morgan fingerprint density at radius 2 is 1.32 bits per heavy atom. The predicted octanol–water partition coefficient (Wildman–Crippen LogP) is 7.24. The van der Waals surface area contributed by atoms with Gasteiger partial charge in [-0.15, -0.1) is 0 Å². The van der Waals surface area contributed by atoms with Crippen molar-refractivity contribution < 1.29 is 33.8 Å². The highest BCUT2D eigenvalue weighted by Crippen LogP contribution is 2.55. The molecule has 4 N–H and O–H groups in total. The van der Waals surface area contributed by atoms with Gasteiger partial charge in [-0.25, -0.2) is 0 Å². The number of hydrogen-bond acceptors (Lipinski definition) is 5. The van der Waals surface area contributed by atoms with E-state index in [1.54, 1.807) is 77.7 Å². The number of fused-ring (bicyclic) bond motifs is 3. The summed E-state index contributed by atoms with van der Waals surface area (Å²) >= 11 is 0. The maximum atomic E-state index is 14.3. The van der Waals surface area contributed by atoms with Crippen LogP contribution in [0, 0.1) is 5.92 Å². The molecular formula is C40H35N2O7P. The standard InChI is InChI=1S/C40H35N2O7P/c43-32-15-14-29-20-31(13-12-30(29)21-32)40(46)42-18-16-25(17-19-42)24-41-39(45)36-23-28-8-2-1-7-27(28)22-35(36)37(44)38(50(47,48)49)34-11-5-9-26-6-3-4-10-33(26)34/h1-15,20-23,25,38,43H,16-19,24H2,(H,41,45)(H2,47,48,49). The molecular weight excluding hydrogens is 651 g/mol. The van der Waals surface area contributed by atoms with Crippen LogP contribution < -0.4 is 5.32 Å². The van der Waals surface area contributed by atoms with Crippen molar-refractivity contribution >= 4 is 57.5 Å². The fourth-order valence-corrected chi connectivity index (χ4v) is 8.00. The van der Waals surface area contributed by atoms with Gasteiger partial charge in [0.2, 0.25) is 0 Å². The first-order chi connectivity index (χ1) is 24.1. The van der Waals surface area contributed by atoms with Crippen LogP contribution in [0.1, 0.15) is 55.1 Å². The van der Waals surface area contributed by atoms with Crippen LogP contribution in [0.15, 0.2) is 115 Å². The Hall–Kier alpha value is -5.34. The van der Waals surface area contributed by atoms with Gasteiger partial charge in [0.25, 0.3) is 11.8 Å². The number of phenolic OH excluding ortho intramolecular Hbond substituents is 1. The van der Waals surface area contributed by atoms with Crippen LogP contribution in [-0.4, -0.2) is 57.0 Å². The first-order valence-electron chi connectivity index (χ1n) is 16.5. The summed E-state index contributed by atoms with van der Waals surface area (Å²) in [5, 5.41) is 17.1. The zero-order chi connectivity index (χ0) is 35.0. The minimum absolute atomic E-state index is 0.0459. The molecule has 0 saturated carbocycles. The third-order valence-corrected chi connectivity index (χ3v) is 10.8. The summed E-state index contributed by atoms with van der Waals surface area (Å²) in [4.78, 5) is 64.4. The summed E-state index contributed by atoms with van der Waals surface area (Å²) in [6, 6.07) is 32.9. The molecule has 1 atom stereocenters. The fraction of sp³-hybridized carbons (Fsp3) is 0.175. The second-order valence-electron chi connectivity index (χ2n) is 12.9. The lowest BCUT2D eigenvalue weighted by molar-refractivity contribution is 0.0684. The Kier molecular flexibility index (Phi) is 8.97. The maximum absolute atomic E-state index is 14.3. The van der Waals surface area contributed by atoms with Crippen molar-refractivity contribution in [2.24, 2.45) is 5.92 Å². The van der Waals surface area contributed by atoms with E-state index in [0.29, 0.717) is 54.2 Å². The number of Topliss-reactive ketones (excluding diaryl/α,β-unsaturated/α-hetero) is 1. The van der Waals surface area contributed by atoms with Gasteiger partial charge >= 0.3 is 7.60 Å². The number of piperidine rings is 1. The first kappa shape index (κ1) is 33.2. The van der Waals surface area contributed by atoms with Crippen molar-refractivity contribution in [3.63, 3.8) is 0 Å². The summed E-state index contributed by atoms with van der Waals surface area (Å²) in [6.45, 7) is 1.34. The molecule has 10 heteroatoms. The lowest BCUT2D eigenvalue weighted by Crippen LogP contribution is -2.41. The van der Waals surface area contributed by atoms with E-state index in [1.165, 1.54) is 0 Å². The van der Waals surface area contributed by atoms with E-state index < -0.39 is 24.9 Å². The van der Waals surface area contributed by atoms with Gasteiger partial charge in [0.05, 0.1) is 5.56 Å². The molecule has 6 aromatic carbocycles. The van der Waals surface area contributed by atoms with Gasteiger partial charge < -0.3 is 25.1 Å². The summed E-state index contributed by atoms with van der Waals surface area (Å²) in [5.74, 6) is -1.17. The predicted molar refractivity (Wildman–Crippen MR) is 194 cm³/mol. The number of carbonyl (C=O) groups is 3. The highest BCUT2D eigenvalue weighted by molar-refractivity contribution is 7.53. The zero-order valence-corrected chi connectivity index (χ0v) is 27.9. The largest absolute Gasteiger partial charge is 0.508 e. The molecule has 1 aliphatic heterocycles. The molecule has 50 heavy (non-hydrogen) atoms. The Labute approximate surface area is 288 Å². The molecule has 1 aliphatic rings. The number of carbonyl (C=O) groups excluding carboxylic acids is 3. The topological polar surface area (TPSA) is 144 Å². The van der Waals surface area contributed by atoms with Crippen molar-refractivity contribution in [2.45, 2.75) is 18.5 Å². The van der Waals surface area contributed by atoms with Gasteiger partial charge in [0.1, 0.15) is 11.4 Å². The Balaban J connectivity index is 1.10. The first-order valence-corrected chi connectivity index (χ1v) is 18.1. The molecule has 6 aromatic rings. The number of rotatable bonds is 8. The van der Waals surface area contributed by atoms with E-state index >= 15 is 0 Å². The summed E-state index contributed by atoms with van der Waals surface area (Å²) < 4.78 is 13.0. The molecule has 2 amide bonds. The Morgan fingerprint density at radius 1 is 0.720 bits per heavy atom. The number of aromatic hydroxyl groups is 1. The number of nitrogens with zero attached hydrogens (tertiary/aromatic N) is 1. The van der Waals surface area contributed by atoms with Crippen LogP contribution in [0.3, 0.4) is 0 Å². The van der Waals surface area contributed by atoms with E-state index in [1.807, 2.05) is 42.5 Å². The molecule has 0 aliphatic carbocycles. The molecule has 252 valence electrons. The van der Waals surface area contributed by atoms with Gasteiger partial charge in [-0.1, -0.05) is 78.9 Å². The van der Waals surface area contributed by atoms with Crippen molar-refractivity contribution in [1.29, 1.82) is 0 Å². The van der Waals surface area contributed by atoms with E-state index in [9.17, 15) is 33.8 Å². The average molecular weight is 687 g/mol. The molecule has 7 rings (SSSR count). The molecule has 1 heterocycles. The quantitative estimate of drug-likeness (QED) is 0.0977. The fourth-order valence-electron chi connectivity index (χ4n) is 6.96. The van der Waals surface area contributed by atoms with Crippen LogP contribution >= 0.6 is 7.60 Å². The van der Waals surface area contributed by atoms with Crippen molar-refractivity contribution in [3.05, 3.63) is 138 Å². The summed E-state index contributed by atoms with van der Waals surface area (Å²) in [6.07, 6.45) is 1.33. The average Bonchev–Trinajstić information content (AvgIpc) is 3.12. The van der Waals surface area contributed by atoms with E-state index in [2.05, 4.69) is 5.32 Å². The van der Waals surface area contributed by atoms with Crippen LogP contribution in [0.5, 0.6) is 5.75 Å². The van der Waals surface area contributed by atoms with Gasteiger partial charge in [0, 0.05) is 30.8 Å². The second-order valence-corrected chi connectivity index (χ2v) is 14.6. The van der Waals surface area contributed by atoms with Crippen molar-refractivity contribution in [2.75, 3.05) is 19.6 Å². The minimum atomic E-state index is -5.05. The lowest BCUT2D eigenvalue weighted by atomic mass is 9.92. The lowest BCUT2D eigenvalue weighted by Gasteiger charge is -2.32. The molecule has 0 aromatic heterocycles. The van der Waals surface area contributed by atoms with Gasteiger partial charge in [-0.05, 0) is 93.0 Å². The Bertz CT molecular complexity index is 2340. The van der Waals surface area contributed by atoms with Crippen LogP contribution in [-0.2, 0) is 4.57 Å². The van der Waals surface area contributed by atoms with Gasteiger partial charge in [0.15, 0.2) is 5.78 Å². The van der Waals surface area contributed by atoms with Crippen LogP contribution in [0.4, 0.5) is 0 Å². The monoisotopic (exact) mass is 686 g/mol. The minimum Gasteiger partial charge on any atom is -0.508 e. The molecule has 1 fully saturated rings. The van der Waals surface area contributed by atoms with Gasteiger partial charge in [-0.3, -0.25) is 18.9 Å². The number of ketones is 1. The number of hydrogen-bond donors (Lipinski definition) is 4. The second kappa shape index (κ2) is 13.5. The third-order valence-electron chi connectivity index (χ3n) is 9.62. The molecule has 0 spiro atoms. The molecule has 9 nitrogen and oxygen atoms in total. The number of phenols is 1. The van der Waals surface area contributed by atoms with Crippen molar-refractivity contribution in [1.82, 2.24) is 10.2 Å². The molecule has 0 radical (unpaired) electrons. The van der Waals surface area contributed by atoms with Gasteiger partial charge in [-0.2, -0.15) is 0 Å². The summed E-state index contributed by atoms with van der Waals surface area (Å²) in [5.41, 5.74) is -1.05. The molecule has 1 saturated heterocycles. The van der Waals surface area contributed by atoms with E-state index in [0.717, 1.165) is 16.2 Å². The number of likely N-dealkylation sites (tertiary alicyclic amines) is 1. The SMILES string of the molecule is O=C(NCC1CCN(C(=O)c2ccc3cc(O)ccc3c2)CC1)c1cc2ccccc2cc1C(=O)C(c1cccc2ccccc12)P(=O)(O)O. The zero-order valence-electron chi connectivity index (χ0n) is 27.0. The van der Waals surface area contributed by atoms with E-state index in [4.69, 9.17) is 0 Å². The normalized spacial score (nSPS) is 14.6. The number of nitrogens with one attached hydrogen (secondary N) is 1. The van der Waals surface area contributed by atoms with Crippen molar-refractivity contribution in [3.8, 4) is 5.75 Å².